The third kappa shape index (κ3) is 6.83. The van der Waals surface area contributed by atoms with Gasteiger partial charge in [0.15, 0.2) is 0 Å². The number of ether oxygens (including phenoxy) is 2. The van der Waals surface area contributed by atoms with E-state index in [2.05, 4.69) is 0 Å². The highest BCUT2D eigenvalue weighted by molar-refractivity contribution is 7.98. The molecule has 30 heavy (non-hydrogen) atoms. The van der Waals surface area contributed by atoms with Crippen molar-refractivity contribution in [3.05, 3.63) is 90.0 Å². The van der Waals surface area contributed by atoms with Gasteiger partial charge in [0.25, 0.3) is 0 Å². The van der Waals surface area contributed by atoms with Gasteiger partial charge in [0.05, 0.1) is 0 Å². The maximum Gasteiger partial charge on any atom is 0.303 e. The van der Waals surface area contributed by atoms with Crippen LogP contribution in [0.2, 0.25) is 0 Å². The quantitative estimate of drug-likeness (QED) is 0.453. The summed E-state index contributed by atoms with van der Waals surface area (Å²) in [6.07, 6.45) is 2.07. The molecule has 0 amide bonds. The molecule has 6 heteroatoms. The van der Waals surface area contributed by atoms with Crippen molar-refractivity contribution >= 4 is 17.7 Å². The maximum atomic E-state index is 11.1. The Morgan fingerprint density at radius 3 is 2.30 bits per heavy atom. The Balaban J connectivity index is 0.00000320. The maximum absolute atomic E-state index is 11.1. The number of hydrogen-bond donors (Lipinski definition) is 1. The van der Waals surface area contributed by atoms with Crippen LogP contribution in [0.3, 0.4) is 0 Å². The van der Waals surface area contributed by atoms with Gasteiger partial charge in [-0.25, -0.2) is 0 Å². The largest absolute Gasteiger partial charge is 0.489 e. The summed E-state index contributed by atoms with van der Waals surface area (Å²) in [5.41, 5.74) is 2.05. The third-order valence-electron chi connectivity index (χ3n) is 4.44. The minimum Gasteiger partial charge on any atom is -0.489 e. The van der Waals surface area contributed by atoms with Gasteiger partial charge in [-0.15, -0.1) is 11.8 Å². The van der Waals surface area contributed by atoms with Crippen molar-refractivity contribution in [2.24, 2.45) is 0 Å². The first-order valence-corrected chi connectivity index (χ1v) is 10.7. The monoisotopic (exact) mass is 426 g/mol. The molecular formula is C24H26O5S. The van der Waals surface area contributed by atoms with Gasteiger partial charge in [-0.05, 0) is 35.9 Å². The molecule has 158 valence electrons. The van der Waals surface area contributed by atoms with Gasteiger partial charge in [-0.3, -0.25) is 4.79 Å². The molecule has 0 aliphatic rings. The molecule has 0 saturated heterocycles. The number of benzene rings is 3. The van der Waals surface area contributed by atoms with Gasteiger partial charge in [-0.1, -0.05) is 60.7 Å². The van der Waals surface area contributed by atoms with E-state index in [-0.39, 0.29) is 18.0 Å². The number of hydrogen-bond acceptors (Lipinski definition) is 4. The van der Waals surface area contributed by atoms with E-state index in [1.54, 1.807) is 11.8 Å². The summed E-state index contributed by atoms with van der Waals surface area (Å²) in [5, 5.41) is 9.12. The zero-order valence-electron chi connectivity index (χ0n) is 16.8. The molecule has 0 saturated carbocycles. The Bertz CT molecular complexity index is 915. The average molecular weight is 427 g/mol. The number of aliphatic carboxylic acids is 1. The second-order valence-corrected chi connectivity index (χ2v) is 7.38. The number of carboxylic acids is 1. The number of thioether (sulfide) groups is 1. The lowest BCUT2D eigenvalue weighted by molar-refractivity contribution is -0.137. The van der Waals surface area contributed by atoms with Crippen LogP contribution < -0.4 is 9.47 Å². The van der Waals surface area contributed by atoms with Crippen LogP contribution in [-0.4, -0.2) is 22.8 Å². The molecule has 1 unspecified atom stereocenters. The summed E-state index contributed by atoms with van der Waals surface area (Å²) >= 11 is 1.58. The van der Waals surface area contributed by atoms with Gasteiger partial charge < -0.3 is 20.1 Å². The van der Waals surface area contributed by atoms with E-state index in [0.29, 0.717) is 24.5 Å². The zero-order valence-corrected chi connectivity index (χ0v) is 17.6. The molecular weight excluding hydrogens is 400 g/mol. The van der Waals surface area contributed by atoms with Gasteiger partial charge in [0, 0.05) is 17.4 Å². The van der Waals surface area contributed by atoms with Crippen molar-refractivity contribution in [1.82, 2.24) is 0 Å². The molecule has 0 aliphatic carbocycles. The van der Waals surface area contributed by atoms with Crippen molar-refractivity contribution in [3.63, 3.8) is 0 Å². The van der Waals surface area contributed by atoms with Crippen LogP contribution >= 0.6 is 11.8 Å². The Hall–Kier alpha value is -2.96. The van der Waals surface area contributed by atoms with E-state index in [9.17, 15) is 4.79 Å². The molecule has 0 aliphatic heterocycles. The molecule has 0 fully saturated rings. The summed E-state index contributed by atoms with van der Waals surface area (Å²) in [5.74, 6) is 0.577. The van der Waals surface area contributed by atoms with Crippen molar-refractivity contribution in [1.29, 1.82) is 0 Å². The summed E-state index contributed by atoms with van der Waals surface area (Å²) in [6, 6.07) is 25.5. The molecule has 0 bridgehead atoms. The van der Waals surface area contributed by atoms with Crippen LogP contribution in [0, 0.1) is 0 Å². The molecule has 0 spiro atoms. The topological polar surface area (TPSA) is 87.3 Å². The van der Waals surface area contributed by atoms with Crippen LogP contribution in [0.5, 0.6) is 11.5 Å². The molecule has 5 nitrogen and oxygen atoms in total. The standard InChI is InChI=1S/C24H24O4S.H2O/c1-29-23-14-12-20(27-17-18-8-4-2-5-9-18)16-22(23)28-21(13-15-24(25)26)19-10-6-3-7-11-19;/h2-12,14,16,21H,13,15,17H2,1H3,(H,25,26);1H2. The number of carboxylic acid groups (broad SMARTS) is 1. The third-order valence-corrected chi connectivity index (χ3v) is 5.22. The highest BCUT2D eigenvalue weighted by Gasteiger charge is 2.17. The van der Waals surface area contributed by atoms with Crippen LogP contribution in [0.1, 0.15) is 30.1 Å². The summed E-state index contributed by atoms with van der Waals surface area (Å²) in [6.45, 7) is 0.472. The second kappa shape index (κ2) is 11.9. The summed E-state index contributed by atoms with van der Waals surface area (Å²) in [7, 11) is 0. The fourth-order valence-electron chi connectivity index (χ4n) is 2.95. The summed E-state index contributed by atoms with van der Waals surface area (Å²) < 4.78 is 12.2. The smallest absolute Gasteiger partial charge is 0.303 e. The van der Waals surface area contributed by atoms with E-state index in [1.165, 1.54) is 0 Å². The van der Waals surface area contributed by atoms with E-state index in [1.807, 2.05) is 85.1 Å². The molecule has 1 atom stereocenters. The minimum absolute atomic E-state index is 0. The van der Waals surface area contributed by atoms with E-state index >= 15 is 0 Å². The normalized spacial score (nSPS) is 11.2. The van der Waals surface area contributed by atoms with Gasteiger partial charge in [-0.2, -0.15) is 0 Å². The molecule has 0 heterocycles. The van der Waals surface area contributed by atoms with Crippen molar-refractivity contribution < 1.29 is 24.9 Å². The summed E-state index contributed by atoms with van der Waals surface area (Å²) in [4.78, 5) is 12.1. The van der Waals surface area contributed by atoms with Crippen molar-refractivity contribution in [2.75, 3.05) is 6.26 Å². The zero-order chi connectivity index (χ0) is 20.5. The number of rotatable bonds is 10. The van der Waals surface area contributed by atoms with Crippen molar-refractivity contribution in [3.8, 4) is 11.5 Å². The Labute approximate surface area is 181 Å². The first-order chi connectivity index (χ1) is 14.2. The Morgan fingerprint density at radius 2 is 1.67 bits per heavy atom. The first-order valence-electron chi connectivity index (χ1n) is 9.44. The minimum atomic E-state index is -0.834. The fraction of sp³-hybridized carbons (Fsp3) is 0.208. The van der Waals surface area contributed by atoms with E-state index in [0.717, 1.165) is 16.0 Å². The highest BCUT2D eigenvalue weighted by atomic mass is 32.2. The lowest BCUT2D eigenvalue weighted by Crippen LogP contribution is -2.11. The highest BCUT2D eigenvalue weighted by Crippen LogP contribution is 2.36. The van der Waals surface area contributed by atoms with Gasteiger partial charge >= 0.3 is 5.97 Å². The van der Waals surface area contributed by atoms with E-state index in [4.69, 9.17) is 14.6 Å². The lowest BCUT2D eigenvalue weighted by Gasteiger charge is -2.21. The Morgan fingerprint density at radius 1 is 1.00 bits per heavy atom. The SMILES string of the molecule is CSc1ccc(OCc2ccccc2)cc1OC(CCC(=O)O)c1ccccc1.O. The number of carbonyl (C=O) groups is 1. The molecule has 3 N–H and O–H groups in total. The molecule has 3 rings (SSSR count). The van der Waals surface area contributed by atoms with Crippen LogP contribution in [0.15, 0.2) is 83.8 Å². The molecule has 0 aromatic heterocycles. The predicted octanol–water partition coefficient (Wildman–Crippen LogP) is 5.15. The van der Waals surface area contributed by atoms with Crippen LogP contribution in [0.25, 0.3) is 0 Å². The van der Waals surface area contributed by atoms with E-state index < -0.39 is 5.97 Å². The molecule has 3 aromatic carbocycles. The van der Waals surface area contributed by atoms with Gasteiger partial charge in [0.2, 0.25) is 0 Å². The lowest BCUT2D eigenvalue weighted by atomic mass is 10.0. The first kappa shape index (κ1) is 23.3. The van der Waals surface area contributed by atoms with Crippen LogP contribution in [-0.2, 0) is 11.4 Å². The molecule has 0 radical (unpaired) electrons. The van der Waals surface area contributed by atoms with Crippen LogP contribution in [0.4, 0.5) is 0 Å². The molecule has 3 aromatic rings. The average Bonchev–Trinajstić information content (AvgIpc) is 2.76. The fourth-order valence-corrected chi connectivity index (χ4v) is 3.46. The second-order valence-electron chi connectivity index (χ2n) is 6.54. The van der Waals surface area contributed by atoms with Gasteiger partial charge in [0.1, 0.15) is 24.2 Å². The van der Waals surface area contributed by atoms with Crippen molar-refractivity contribution in [2.45, 2.75) is 30.4 Å². The Kier molecular flexibility index (Phi) is 9.25. The predicted molar refractivity (Wildman–Crippen MR) is 119 cm³/mol.